The summed E-state index contributed by atoms with van der Waals surface area (Å²) in [6.07, 6.45) is 0.851. The summed E-state index contributed by atoms with van der Waals surface area (Å²) in [6, 6.07) is 0. The van der Waals surface area contributed by atoms with E-state index in [1.165, 1.54) is 0 Å². The Morgan fingerprint density at radius 1 is 0.773 bits per heavy atom. The lowest BCUT2D eigenvalue weighted by atomic mass is 9.79. The Labute approximate surface area is 132 Å². The molecule has 3 aliphatic heterocycles. The monoisotopic (exact) mass is 316 g/mol. The van der Waals surface area contributed by atoms with E-state index < -0.39 is 0 Å². The Morgan fingerprint density at radius 3 is 1.32 bits per heavy atom. The van der Waals surface area contributed by atoms with Crippen molar-refractivity contribution in [2.75, 3.05) is 59.5 Å². The molecule has 3 aliphatic rings. The molecule has 128 valence electrons. The molecule has 3 rings (SSSR count). The first-order valence-corrected chi connectivity index (χ1v) is 8.26. The van der Waals surface area contributed by atoms with Crippen LogP contribution in [-0.2, 0) is 28.4 Å². The van der Waals surface area contributed by atoms with Gasteiger partial charge in [0.05, 0.1) is 59.5 Å². The lowest BCUT2D eigenvalue weighted by molar-refractivity contribution is -0.0967. The summed E-state index contributed by atoms with van der Waals surface area (Å²) in [5.41, 5.74) is -0.140. The van der Waals surface area contributed by atoms with Gasteiger partial charge in [0.1, 0.15) is 18.3 Å². The third kappa shape index (κ3) is 5.44. The summed E-state index contributed by atoms with van der Waals surface area (Å²) in [5.74, 6) is 0.396. The third-order valence-corrected chi connectivity index (χ3v) is 4.51. The highest BCUT2D eigenvalue weighted by molar-refractivity contribution is 4.84. The molecule has 0 aromatic heterocycles. The van der Waals surface area contributed by atoms with Crippen LogP contribution in [0.4, 0.5) is 0 Å². The predicted molar refractivity (Wildman–Crippen MR) is 78.9 cm³/mol. The minimum atomic E-state index is -0.140. The van der Waals surface area contributed by atoms with E-state index in [9.17, 15) is 0 Å². The first-order valence-electron chi connectivity index (χ1n) is 8.26. The van der Waals surface area contributed by atoms with E-state index in [1.807, 2.05) is 0 Å². The van der Waals surface area contributed by atoms with E-state index >= 15 is 0 Å². The van der Waals surface area contributed by atoms with E-state index in [1.54, 1.807) is 0 Å². The van der Waals surface area contributed by atoms with Gasteiger partial charge in [0.2, 0.25) is 0 Å². The van der Waals surface area contributed by atoms with Crippen LogP contribution in [0, 0.1) is 11.3 Å². The molecule has 0 aliphatic carbocycles. The summed E-state index contributed by atoms with van der Waals surface area (Å²) in [6.45, 7) is 10.7. The number of rotatable bonds is 13. The number of hydrogen-bond acceptors (Lipinski definition) is 6. The van der Waals surface area contributed by atoms with Crippen molar-refractivity contribution in [3.05, 3.63) is 0 Å². The van der Waals surface area contributed by atoms with Gasteiger partial charge in [-0.3, -0.25) is 0 Å². The molecule has 6 heteroatoms. The van der Waals surface area contributed by atoms with Crippen molar-refractivity contribution in [2.24, 2.45) is 11.3 Å². The summed E-state index contributed by atoms with van der Waals surface area (Å²) < 4.78 is 33.3. The van der Waals surface area contributed by atoms with Crippen molar-refractivity contribution >= 4 is 0 Å². The molecular weight excluding hydrogens is 288 g/mol. The van der Waals surface area contributed by atoms with E-state index in [0.717, 1.165) is 19.8 Å². The van der Waals surface area contributed by atoms with Gasteiger partial charge in [-0.25, -0.2) is 0 Å². The SMILES string of the molecule is CC(C)C(COCC1CO1)(COCC1CO1)COCC1CO1. The molecule has 0 N–H and O–H groups in total. The fourth-order valence-electron chi connectivity index (χ4n) is 2.30. The van der Waals surface area contributed by atoms with Crippen molar-refractivity contribution in [3.8, 4) is 0 Å². The molecule has 0 radical (unpaired) electrons. The van der Waals surface area contributed by atoms with Crippen LogP contribution in [0.25, 0.3) is 0 Å². The van der Waals surface area contributed by atoms with Crippen molar-refractivity contribution in [1.82, 2.24) is 0 Å². The molecule has 0 spiro atoms. The van der Waals surface area contributed by atoms with E-state index in [-0.39, 0.29) is 23.7 Å². The zero-order valence-electron chi connectivity index (χ0n) is 13.6. The largest absolute Gasteiger partial charge is 0.378 e. The van der Waals surface area contributed by atoms with Gasteiger partial charge in [-0.15, -0.1) is 0 Å². The van der Waals surface area contributed by atoms with Crippen LogP contribution in [0.5, 0.6) is 0 Å². The van der Waals surface area contributed by atoms with Crippen LogP contribution in [0.15, 0.2) is 0 Å². The molecule has 0 aromatic rings. The molecule has 0 bridgehead atoms. The molecule has 0 saturated carbocycles. The average molecular weight is 316 g/mol. The fourth-order valence-corrected chi connectivity index (χ4v) is 2.30. The third-order valence-electron chi connectivity index (χ3n) is 4.51. The second-order valence-corrected chi connectivity index (χ2v) is 6.93. The van der Waals surface area contributed by atoms with Gasteiger partial charge in [-0.2, -0.15) is 0 Å². The van der Waals surface area contributed by atoms with Gasteiger partial charge in [-0.05, 0) is 5.92 Å². The Morgan fingerprint density at radius 2 is 1.09 bits per heavy atom. The second kappa shape index (κ2) is 7.55. The molecule has 3 atom stereocenters. The summed E-state index contributed by atoms with van der Waals surface area (Å²) >= 11 is 0. The predicted octanol–water partition coefficient (Wildman–Crippen LogP) is 0.875. The van der Waals surface area contributed by atoms with Gasteiger partial charge in [0.25, 0.3) is 0 Å². The van der Waals surface area contributed by atoms with Crippen molar-refractivity contribution in [1.29, 1.82) is 0 Å². The molecule has 3 saturated heterocycles. The summed E-state index contributed by atoms with van der Waals surface area (Å²) in [4.78, 5) is 0. The zero-order chi connectivity index (χ0) is 15.4. The van der Waals surface area contributed by atoms with Crippen LogP contribution >= 0.6 is 0 Å². The normalized spacial score (nSPS) is 32.0. The van der Waals surface area contributed by atoms with Crippen LogP contribution in [0.1, 0.15) is 13.8 Å². The highest BCUT2D eigenvalue weighted by Crippen LogP contribution is 2.31. The summed E-state index contributed by atoms with van der Waals surface area (Å²) in [7, 11) is 0. The maximum Gasteiger partial charge on any atom is 0.104 e. The highest BCUT2D eigenvalue weighted by Gasteiger charge is 2.38. The maximum atomic E-state index is 5.88. The Bertz CT molecular complexity index is 290. The molecule has 3 heterocycles. The Hall–Kier alpha value is -0.240. The molecule has 3 unspecified atom stereocenters. The first-order chi connectivity index (χ1) is 10.7. The zero-order valence-corrected chi connectivity index (χ0v) is 13.6. The quantitative estimate of drug-likeness (QED) is 0.470. The average Bonchev–Trinajstić information content (AvgIpc) is 3.35. The number of epoxide rings is 3. The van der Waals surface area contributed by atoms with Gasteiger partial charge >= 0.3 is 0 Å². The van der Waals surface area contributed by atoms with Crippen molar-refractivity contribution in [2.45, 2.75) is 32.2 Å². The van der Waals surface area contributed by atoms with Crippen molar-refractivity contribution < 1.29 is 28.4 Å². The van der Waals surface area contributed by atoms with Gasteiger partial charge in [0.15, 0.2) is 0 Å². The van der Waals surface area contributed by atoms with Gasteiger partial charge < -0.3 is 28.4 Å². The van der Waals surface area contributed by atoms with Crippen LogP contribution in [0.3, 0.4) is 0 Å². The Kier molecular flexibility index (Phi) is 5.70. The van der Waals surface area contributed by atoms with E-state index in [4.69, 9.17) is 28.4 Å². The maximum absolute atomic E-state index is 5.88. The second-order valence-electron chi connectivity index (χ2n) is 6.93. The fraction of sp³-hybridized carbons (Fsp3) is 1.00. The standard InChI is InChI=1S/C16H28O6/c1-12(2)16(9-17-3-13-6-20-13,10-18-4-14-7-21-14)11-19-5-15-8-22-15/h12-15H,3-11H2,1-2H3. The molecule has 0 aromatic carbocycles. The number of ether oxygens (including phenoxy) is 6. The van der Waals surface area contributed by atoms with E-state index in [2.05, 4.69) is 13.8 Å². The minimum absolute atomic E-state index is 0.140. The lowest BCUT2D eigenvalue weighted by Crippen LogP contribution is -2.43. The number of hydrogen-bond donors (Lipinski definition) is 0. The minimum Gasteiger partial charge on any atom is -0.378 e. The Balaban J connectivity index is 1.47. The van der Waals surface area contributed by atoms with Gasteiger partial charge in [-0.1, -0.05) is 13.8 Å². The molecule has 22 heavy (non-hydrogen) atoms. The smallest absolute Gasteiger partial charge is 0.104 e. The molecule has 0 amide bonds. The summed E-state index contributed by atoms with van der Waals surface area (Å²) in [5, 5.41) is 0. The molecule has 3 fully saturated rings. The van der Waals surface area contributed by atoms with Crippen LogP contribution in [-0.4, -0.2) is 77.8 Å². The molecule has 6 nitrogen and oxygen atoms in total. The molecular formula is C16H28O6. The van der Waals surface area contributed by atoms with E-state index in [0.29, 0.717) is 45.6 Å². The first kappa shape index (κ1) is 16.6. The topological polar surface area (TPSA) is 65.3 Å². The van der Waals surface area contributed by atoms with Crippen LogP contribution < -0.4 is 0 Å². The highest BCUT2D eigenvalue weighted by atomic mass is 16.6. The van der Waals surface area contributed by atoms with Gasteiger partial charge in [0, 0.05) is 5.41 Å². The lowest BCUT2D eigenvalue weighted by Gasteiger charge is -2.36. The van der Waals surface area contributed by atoms with Crippen molar-refractivity contribution in [3.63, 3.8) is 0 Å². The van der Waals surface area contributed by atoms with Crippen LogP contribution in [0.2, 0.25) is 0 Å².